The van der Waals surface area contributed by atoms with E-state index in [1.165, 1.54) is 60.8 Å². The molecule has 0 aromatic heterocycles. The first-order chi connectivity index (χ1) is 17.5. The number of carbonyl (C=O) groups excluding carboxylic acids is 1. The van der Waals surface area contributed by atoms with E-state index in [0.29, 0.717) is 12.5 Å². The molecule has 2 aromatic carbocycles. The van der Waals surface area contributed by atoms with Crippen LogP contribution >= 0.6 is 0 Å². The molecule has 36 heavy (non-hydrogen) atoms. The number of ether oxygens (including phenoxy) is 2. The maximum Gasteiger partial charge on any atom is 0.508 e. The zero-order valence-corrected chi connectivity index (χ0v) is 22.8. The Balaban J connectivity index is 1.28. The Bertz CT molecular complexity index is 930. The predicted molar refractivity (Wildman–Crippen MR) is 148 cm³/mol. The summed E-state index contributed by atoms with van der Waals surface area (Å²) in [4.78, 5) is 12.0. The van der Waals surface area contributed by atoms with Gasteiger partial charge in [-0.2, -0.15) is 0 Å². The molecule has 2 saturated carbocycles. The second-order valence-electron chi connectivity index (χ2n) is 11.5. The van der Waals surface area contributed by atoms with Crippen LogP contribution in [0.5, 0.6) is 0 Å². The second-order valence-corrected chi connectivity index (χ2v) is 11.5. The molecule has 3 nitrogen and oxygen atoms in total. The zero-order valence-electron chi connectivity index (χ0n) is 22.8. The van der Waals surface area contributed by atoms with Crippen molar-refractivity contribution in [2.75, 3.05) is 6.61 Å². The number of rotatable bonds is 9. The Morgan fingerprint density at radius 2 is 1.31 bits per heavy atom. The highest BCUT2D eigenvalue weighted by molar-refractivity contribution is 5.64. The fourth-order valence-corrected chi connectivity index (χ4v) is 6.28. The Hall–Kier alpha value is -2.29. The molecule has 4 rings (SSSR count). The van der Waals surface area contributed by atoms with Gasteiger partial charge in [0.25, 0.3) is 0 Å². The fraction of sp³-hybridized carbons (Fsp3) is 0.606. The highest BCUT2D eigenvalue weighted by Gasteiger charge is 2.35. The van der Waals surface area contributed by atoms with Gasteiger partial charge in [0.05, 0.1) is 6.61 Å². The van der Waals surface area contributed by atoms with Gasteiger partial charge >= 0.3 is 6.16 Å². The molecule has 0 bridgehead atoms. The molecule has 2 aromatic rings. The monoisotopic (exact) mass is 490 g/mol. The van der Waals surface area contributed by atoms with E-state index in [2.05, 4.69) is 62.4 Å². The van der Waals surface area contributed by atoms with Crippen LogP contribution < -0.4 is 0 Å². The zero-order chi connectivity index (χ0) is 25.4. The van der Waals surface area contributed by atoms with E-state index in [1.54, 1.807) is 0 Å². The second kappa shape index (κ2) is 12.8. The van der Waals surface area contributed by atoms with Crippen molar-refractivity contribution in [3.05, 3.63) is 59.7 Å². The van der Waals surface area contributed by atoms with Crippen LogP contribution in [0.15, 0.2) is 48.5 Å². The van der Waals surface area contributed by atoms with Gasteiger partial charge in [0.15, 0.2) is 0 Å². The summed E-state index contributed by atoms with van der Waals surface area (Å²) < 4.78 is 10.9. The number of carbonyl (C=O) groups is 1. The number of hydrogen-bond donors (Lipinski definition) is 0. The summed E-state index contributed by atoms with van der Waals surface area (Å²) in [5, 5.41) is 0. The lowest BCUT2D eigenvalue weighted by Crippen LogP contribution is -2.36. The Morgan fingerprint density at radius 3 is 1.81 bits per heavy atom. The van der Waals surface area contributed by atoms with Crippen LogP contribution in [0.25, 0.3) is 11.1 Å². The predicted octanol–water partition coefficient (Wildman–Crippen LogP) is 9.80. The van der Waals surface area contributed by atoms with Crippen molar-refractivity contribution in [3.63, 3.8) is 0 Å². The van der Waals surface area contributed by atoms with Crippen molar-refractivity contribution in [2.24, 2.45) is 5.92 Å². The SMILES string of the molecule is CCCCOC(=O)OC1(C)CCC(c2ccc(-c3ccc(C4CCC(CCC)CC4)cc3)cc2)CC1. The molecule has 0 atom stereocenters. The minimum Gasteiger partial charge on any atom is -0.434 e. The van der Waals surface area contributed by atoms with Crippen LogP contribution in [0.1, 0.15) is 121 Å². The molecule has 0 amide bonds. The van der Waals surface area contributed by atoms with Crippen molar-refractivity contribution in [1.82, 2.24) is 0 Å². The molecule has 0 N–H and O–H groups in total. The maximum absolute atomic E-state index is 12.0. The Morgan fingerprint density at radius 1 is 0.778 bits per heavy atom. The van der Waals surface area contributed by atoms with Gasteiger partial charge < -0.3 is 9.47 Å². The molecular weight excluding hydrogens is 444 g/mol. The van der Waals surface area contributed by atoms with Crippen molar-refractivity contribution >= 4 is 6.16 Å². The highest BCUT2D eigenvalue weighted by atomic mass is 16.7. The minimum atomic E-state index is -0.510. The molecule has 0 aliphatic heterocycles. The summed E-state index contributed by atoms with van der Waals surface area (Å²) in [7, 11) is 0. The molecule has 196 valence electrons. The summed E-state index contributed by atoms with van der Waals surface area (Å²) in [6.45, 7) is 6.89. The summed E-state index contributed by atoms with van der Waals surface area (Å²) in [6, 6.07) is 18.5. The molecule has 2 fully saturated rings. The molecule has 0 saturated heterocycles. The summed E-state index contributed by atoms with van der Waals surface area (Å²) in [6.07, 6.45) is 13.4. The average molecular weight is 491 g/mol. The van der Waals surface area contributed by atoms with Crippen molar-refractivity contribution in [3.8, 4) is 11.1 Å². The van der Waals surface area contributed by atoms with Gasteiger partial charge in [0, 0.05) is 0 Å². The van der Waals surface area contributed by atoms with E-state index < -0.39 is 11.8 Å². The Labute approximate surface area is 219 Å². The Kier molecular flexibility index (Phi) is 9.51. The lowest BCUT2D eigenvalue weighted by molar-refractivity contribution is -0.0467. The largest absolute Gasteiger partial charge is 0.508 e. The van der Waals surface area contributed by atoms with Gasteiger partial charge in [-0.3, -0.25) is 0 Å². The van der Waals surface area contributed by atoms with Gasteiger partial charge in [0.1, 0.15) is 5.60 Å². The van der Waals surface area contributed by atoms with Crippen LogP contribution in [0.3, 0.4) is 0 Å². The minimum absolute atomic E-state index is 0.406. The first-order valence-corrected chi connectivity index (χ1v) is 14.6. The number of hydrogen-bond acceptors (Lipinski definition) is 3. The third kappa shape index (κ3) is 7.14. The molecule has 0 spiro atoms. The maximum atomic E-state index is 12.0. The third-order valence-electron chi connectivity index (χ3n) is 8.73. The van der Waals surface area contributed by atoms with Gasteiger partial charge in [-0.25, -0.2) is 4.79 Å². The standard InChI is InChI=1S/C33H46O3/c1-4-6-24-35-32(34)36-33(3)22-20-31(21-23-33)30-18-16-29(17-19-30)28-14-12-27(13-15-28)26-10-8-25(7-5-2)9-11-26/h12-19,25-26,31H,4-11,20-24H2,1-3H3. The summed E-state index contributed by atoms with van der Waals surface area (Å²) in [5.74, 6) is 2.23. The van der Waals surface area contributed by atoms with Crippen LogP contribution in [-0.2, 0) is 9.47 Å². The van der Waals surface area contributed by atoms with E-state index in [1.807, 2.05) is 6.92 Å². The van der Waals surface area contributed by atoms with E-state index in [-0.39, 0.29) is 0 Å². The van der Waals surface area contributed by atoms with Crippen LogP contribution in [0.4, 0.5) is 4.79 Å². The number of benzene rings is 2. The molecule has 0 heterocycles. The summed E-state index contributed by atoms with van der Waals surface area (Å²) >= 11 is 0. The van der Waals surface area contributed by atoms with Crippen molar-refractivity contribution in [2.45, 2.75) is 115 Å². The lowest BCUT2D eigenvalue weighted by atomic mass is 9.76. The average Bonchev–Trinajstić information content (AvgIpc) is 2.90. The van der Waals surface area contributed by atoms with Crippen LogP contribution in [0.2, 0.25) is 0 Å². The van der Waals surface area contributed by atoms with Crippen LogP contribution in [0, 0.1) is 5.92 Å². The highest BCUT2D eigenvalue weighted by Crippen LogP contribution is 2.41. The summed E-state index contributed by atoms with van der Waals surface area (Å²) in [5.41, 5.74) is 5.10. The lowest BCUT2D eigenvalue weighted by Gasteiger charge is -2.36. The molecule has 2 aliphatic carbocycles. The van der Waals surface area contributed by atoms with Crippen molar-refractivity contribution < 1.29 is 14.3 Å². The number of unbranched alkanes of at least 4 members (excludes halogenated alkanes) is 1. The van der Waals surface area contributed by atoms with E-state index >= 15 is 0 Å². The molecule has 2 aliphatic rings. The van der Waals surface area contributed by atoms with E-state index in [0.717, 1.165) is 50.4 Å². The molecule has 3 heteroatoms. The normalized spacial score (nSPS) is 26.4. The van der Waals surface area contributed by atoms with Crippen LogP contribution in [-0.4, -0.2) is 18.4 Å². The van der Waals surface area contributed by atoms with Gasteiger partial charge in [-0.05, 0) is 105 Å². The van der Waals surface area contributed by atoms with Gasteiger partial charge in [-0.15, -0.1) is 0 Å². The third-order valence-corrected chi connectivity index (χ3v) is 8.73. The molecular formula is C33H46O3. The van der Waals surface area contributed by atoms with E-state index in [4.69, 9.17) is 9.47 Å². The topological polar surface area (TPSA) is 35.5 Å². The quantitative estimate of drug-likeness (QED) is 0.259. The first-order valence-electron chi connectivity index (χ1n) is 14.6. The van der Waals surface area contributed by atoms with E-state index in [9.17, 15) is 4.79 Å². The molecule has 0 radical (unpaired) electrons. The van der Waals surface area contributed by atoms with Crippen molar-refractivity contribution in [1.29, 1.82) is 0 Å². The first kappa shape index (κ1) is 26.8. The smallest absolute Gasteiger partial charge is 0.434 e. The fourth-order valence-electron chi connectivity index (χ4n) is 6.28. The van der Waals surface area contributed by atoms with Gasteiger partial charge in [-0.1, -0.05) is 81.6 Å². The molecule has 0 unspecified atom stereocenters. The van der Waals surface area contributed by atoms with Gasteiger partial charge in [0.2, 0.25) is 0 Å².